The average Bonchev–Trinajstić information content (AvgIpc) is 2.23. The maximum absolute atomic E-state index is 4.17. The summed E-state index contributed by atoms with van der Waals surface area (Å²) in [7, 11) is 0. The molecule has 1 saturated carbocycles. The van der Waals surface area contributed by atoms with Gasteiger partial charge in [-0.15, -0.1) is 0 Å². The van der Waals surface area contributed by atoms with Gasteiger partial charge < -0.3 is 5.32 Å². The molecule has 1 aromatic rings. The van der Waals surface area contributed by atoms with Crippen LogP contribution in [0.15, 0.2) is 18.5 Å². The summed E-state index contributed by atoms with van der Waals surface area (Å²) in [5, 5.41) is 3.38. The molecule has 0 unspecified atom stereocenters. The van der Waals surface area contributed by atoms with Gasteiger partial charge in [-0.2, -0.15) is 0 Å². The summed E-state index contributed by atoms with van der Waals surface area (Å²) in [6.45, 7) is 2.33. The Bertz CT molecular complexity index is 265. The fourth-order valence-corrected chi connectivity index (χ4v) is 1.96. The highest BCUT2D eigenvalue weighted by atomic mass is 15.1. The summed E-state index contributed by atoms with van der Waals surface area (Å²) in [6, 6.07) is 2.42. The van der Waals surface area contributed by atoms with E-state index in [1.807, 2.05) is 6.07 Å². The molecule has 1 fully saturated rings. The van der Waals surface area contributed by atoms with E-state index in [9.17, 15) is 0 Å². The van der Waals surface area contributed by atoms with Gasteiger partial charge in [0.1, 0.15) is 0 Å². The average molecular weight is 191 g/mol. The van der Waals surface area contributed by atoms with Crippen LogP contribution in [0.2, 0.25) is 0 Å². The first-order chi connectivity index (χ1) is 6.84. The smallest absolute Gasteiger partial charge is 0.222 e. The third-order valence-corrected chi connectivity index (χ3v) is 2.91. The van der Waals surface area contributed by atoms with Gasteiger partial charge in [0.2, 0.25) is 5.95 Å². The molecule has 3 heteroatoms. The predicted molar refractivity (Wildman–Crippen MR) is 57.1 cm³/mol. The summed E-state index contributed by atoms with van der Waals surface area (Å²) in [4.78, 5) is 8.34. The minimum Gasteiger partial charge on any atom is -0.351 e. The van der Waals surface area contributed by atoms with Gasteiger partial charge in [0.05, 0.1) is 0 Å². The van der Waals surface area contributed by atoms with E-state index in [4.69, 9.17) is 0 Å². The van der Waals surface area contributed by atoms with Gasteiger partial charge in [0.15, 0.2) is 0 Å². The first kappa shape index (κ1) is 9.44. The molecule has 0 spiro atoms. The maximum atomic E-state index is 4.17. The Balaban J connectivity index is 1.87. The van der Waals surface area contributed by atoms with E-state index in [2.05, 4.69) is 22.2 Å². The summed E-state index contributed by atoms with van der Waals surface area (Å²) in [5.41, 5.74) is 0. The van der Waals surface area contributed by atoms with Gasteiger partial charge in [-0.3, -0.25) is 0 Å². The second-order valence-corrected chi connectivity index (χ2v) is 4.17. The second-order valence-electron chi connectivity index (χ2n) is 4.17. The van der Waals surface area contributed by atoms with Crippen molar-refractivity contribution in [3.05, 3.63) is 18.5 Å². The topological polar surface area (TPSA) is 37.8 Å². The SMILES string of the molecule is CC1CCC(Nc2ncccn2)CC1. The molecular weight excluding hydrogens is 174 g/mol. The third kappa shape index (κ3) is 2.44. The second kappa shape index (κ2) is 4.40. The van der Waals surface area contributed by atoms with E-state index < -0.39 is 0 Å². The van der Waals surface area contributed by atoms with Crippen molar-refractivity contribution in [2.45, 2.75) is 38.6 Å². The van der Waals surface area contributed by atoms with Gasteiger partial charge in [0, 0.05) is 18.4 Å². The van der Waals surface area contributed by atoms with Crippen molar-refractivity contribution in [3.8, 4) is 0 Å². The van der Waals surface area contributed by atoms with Crippen LogP contribution < -0.4 is 5.32 Å². The Labute approximate surface area is 85.0 Å². The molecule has 0 aliphatic heterocycles. The lowest BCUT2D eigenvalue weighted by atomic mass is 9.87. The van der Waals surface area contributed by atoms with E-state index in [-0.39, 0.29) is 0 Å². The molecule has 1 aliphatic carbocycles. The Kier molecular flexibility index (Phi) is 2.96. The molecular formula is C11H17N3. The molecule has 3 nitrogen and oxygen atoms in total. The van der Waals surface area contributed by atoms with E-state index in [1.54, 1.807) is 12.4 Å². The van der Waals surface area contributed by atoms with Gasteiger partial charge in [-0.25, -0.2) is 9.97 Å². The van der Waals surface area contributed by atoms with Crippen LogP contribution in [0.25, 0.3) is 0 Å². The number of hydrogen-bond acceptors (Lipinski definition) is 3. The fraction of sp³-hybridized carbons (Fsp3) is 0.636. The lowest BCUT2D eigenvalue weighted by molar-refractivity contribution is 0.360. The molecule has 76 valence electrons. The van der Waals surface area contributed by atoms with Crippen LogP contribution >= 0.6 is 0 Å². The van der Waals surface area contributed by atoms with Crippen molar-refractivity contribution in [2.75, 3.05) is 5.32 Å². The van der Waals surface area contributed by atoms with Crippen LogP contribution in [0.3, 0.4) is 0 Å². The molecule has 1 heterocycles. The van der Waals surface area contributed by atoms with E-state index in [1.165, 1.54) is 25.7 Å². The lowest BCUT2D eigenvalue weighted by Crippen LogP contribution is -2.26. The van der Waals surface area contributed by atoms with E-state index >= 15 is 0 Å². The van der Waals surface area contributed by atoms with Crippen molar-refractivity contribution in [3.63, 3.8) is 0 Å². The monoisotopic (exact) mass is 191 g/mol. The van der Waals surface area contributed by atoms with Gasteiger partial charge in [0.25, 0.3) is 0 Å². The van der Waals surface area contributed by atoms with Crippen LogP contribution in [-0.4, -0.2) is 16.0 Å². The van der Waals surface area contributed by atoms with Crippen LogP contribution in [0, 0.1) is 5.92 Å². The molecule has 0 saturated heterocycles. The Morgan fingerprint density at radius 2 is 1.79 bits per heavy atom. The number of anilines is 1. The van der Waals surface area contributed by atoms with Gasteiger partial charge in [-0.05, 0) is 37.7 Å². The van der Waals surface area contributed by atoms with Crippen LogP contribution in [-0.2, 0) is 0 Å². The third-order valence-electron chi connectivity index (χ3n) is 2.91. The van der Waals surface area contributed by atoms with Crippen LogP contribution in [0.5, 0.6) is 0 Å². The molecule has 0 radical (unpaired) electrons. The van der Waals surface area contributed by atoms with Gasteiger partial charge >= 0.3 is 0 Å². The summed E-state index contributed by atoms with van der Waals surface area (Å²) < 4.78 is 0. The zero-order chi connectivity index (χ0) is 9.80. The zero-order valence-electron chi connectivity index (χ0n) is 8.61. The first-order valence-corrected chi connectivity index (χ1v) is 5.38. The summed E-state index contributed by atoms with van der Waals surface area (Å²) in [5.74, 6) is 1.66. The number of hydrogen-bond donors (Lipinski definition) is 1. The number of rotatable bonds is 2. The molecule has 0 amide bonds. The number of nitrogens with zero attached hydrogens (tertiary/aromatic N) is 2. The van der Waals surface area contributed by atoms with E-state index in [0.29, 0.717) is 6.04 Å². The van der Waals surface area contributed by atoms with Crippen molar-refractivity contribution < 1.29 is 0 Å². The molecule has 0 atom stereocenters. The Morgan fingerprint density at radius 1 is 1.14 bits per heavy atom. The summed E-state index contributed by atoms with van der Waals surface area (Å²) >= 11 is 0. The van der Waals surface area contributed by atoms with Crippen molar-refractivity contribution in [1.82, 2.24) is 9.97 Å². The minimum absolute atomic E-state index is 0.577. The minimum atomic E-state index is 0.577. The van der Waals surface area contributed by atoms with Crippen molar-refractivity contribution in [2.24, 2.45) is 5.92 Å². The molecule has 2 rings (SSSR count). The zero-order valence-corrected chi connectivity index (χ0v) is 8.61. The molecule has 1 aromatic heterocycles. The van der Waals surface area contributed by atoms with Crippen LogP contribution in [0.1, 0.15) is 32.6 Å². The largest absolute Gasteiger partial charge is 0.351 e. The van der Waals surface area contributed by atoms with Crippen LogP contribution in [0.4, 0.5) is 5.95 Å². The Morgan fingerprint density at radius 3 is 2.43 bits per heavy atom. The molecule has 0 aromatic carbocycles. The highest BCUT2D eigenvalue weighted by Gasteiger charge is 2.18. The van der Waals surface area contributed by atoms with Crippen molar-refractivity contribution in [1.29, 1.82) is 0 Å². The Hall–Kier alpha value is -1.12. The first-order valence-electron chi connectivity index (χ1n) is 5.38. The lowest BCUT2D eigenvalue weighted by Gasteiger charge is -2.26. The molecule has 0 bridgehead atoms. The summed E-state index contributed by atoms with van der Waals surface area (Å²) in [6.07, 6.45) is 8.70. The molecule has 1 N–H and O–H groups in total. The fourth-order valence-electron chi connectivity index (χ4n) is 1.96. The highest BCUT2D eigenvalue weighted by Crippen LogP contribution is 2.24. The molecule has 1 aliphatic rings. The quantitative estimate of drug-likeness (QED) is 0.780. The maximum Gasteiger partial charge on any atom is 0.222 e. The van der Waals surface area contributed by atoms with E-state index in [0.717, 1.165) is 11.9 Å². The normalized spacial score (nSPS) is 27.2. The highest BCUT2D eigenvalue weighted by molar-refractivity contribution is 5.24. The number of nitrogens with one attached hydrogen (secondary N) is 1. The van der Waals surface area contributed by atoms with Gasteiger partial charge in [-0.1, -0.05) is 6.92 Å². The number of aromatic nitrogens is 2. The standard InChI is InChI=1S/C11H17N3/c1-9-3-5-10(6-4-9)14-11-12-7-2-8-13-11/h2,7-10H,3-6H2,1H3,(H,12,13,14). The predicted octanol–water partition coefficient (Wildman–Crippen LogP) is 2.47. The molecule has 14 heavy (non-hydrogen) atoms. The van der Waals surface area contributed by atoms with Crippen molar-refractivity contribution >= 4 is 5.95 Å².